The number of esters is 3. The minimum atomic E-state index is -1.33. The Morgan fingerprint density at radius 1 is 0.943 bits per heavy atom. The Bertz CT molecular complexity index is 937. The Kier molecular flexibility index (Phi) is 10.4. The molecule has 3 atom stereocenters. The molecule has 1 aromatic carbocycles. The van der Waals surface area contributed by atoms with Crippen molar-refractivity contribution >= 4 is 23.9 Å². The van der Waals surface area contributed by atoms with Crippen molar-refractivity contribution in [2.24, 2.45) is 22.5 Å². The second-order valence-electron chi connectivity index (χ2n) is 10.1. The van der Waals surface area contributed by atoms with Gasteiger partial charge in [-0.2, -0.15) is 0 Å². The molecule has 1 rings (SSSR count). The van der Waals surface area contributed by atoms with Crippen molar-refractivity contribution in [1.29, 1.82) is 0 Å². The number of carboxylic acid groups (broad SMARTS) is 1. The van der Waals surface area contributed by atoms with Crippen molar-refractivity contribution in [3.63, 3.8) is 0 Å². The lowest BCUT2D eigenvalue weighted by atomic mass is 9.82. The van der Waals surface area contributed by atoms with Crippen LogP contribution in [0.25, 0.3) is 0 Å². The molecule has 0 fully saturated rings. The van der Waals surface area contributed by atoms with Gasteiger partial charge >= 0.3 is 23.9 Å². The third kappa shape index (κ3) is 8.06. The molecule has 0 saturated heterocycles. The fraction of sp³-hybridized carbons (Fsp3) is 0.615. The molecule has 0 aliphatic rings. The molecule has 2 unspecified atom stereocenters. The van der Waals surface area contributed by atoms with Gasteiger partial charge in [-0.15, -0.1) is 0 Å². The first kappa shape index (κ1) is 30.1. The molecule has 0 aromatic heterocycles. The van der Waals surface area contributed by atoms with Gasteiger partial charge in [0.2, 0.25) is 0 Å². The number of carbonyl (C=O) groups excluding carboxylic acids is 3. The van der Waals surface area contributed by atoms with E-state index in [1.54, 1.807) is 40.7 Å². The predicted molar refractivity (Wildman–Crippen MR) is 130 cm³/mol. The Hall–Kier alpha value is -2.94. The molecule has 35 heavy (non-hydrogen) atoms. The minimum absolute atomic E-state index is 0.0171. The van der Waals surface area contributed by atoms with Crippen LogP contribution in [-0.2, 0) is 23.9 Å². The summed E-state index contributed by atoms with van der Waals surface area (Å²) in [7, 11) is 0. The van der Waals surface area contributed by atoms with E-state index in [9.17, 15) is 24.3 Å². The molecule has 0 bridgehead atoms. The van der Waals surface area contributed by atoms with E-state index in [2.05, 4.69) is 0 Å². The second kappa shape index (κ2) is 12.2. The summed E-state index contributed by atoms with van der Waals surface area (Å²) in [6.07, 6.45) is 1.04. The molecule has 0 amide bonds. The molecule has 196 valence electrons. The average molecular weight is 494 g/mol. The third-order valence-electron chi connectivity index (χ3n) is 6.47. The SMILES string of the molecule is CCC(C)(C)C(=O)Oc1ccc(C(C(C)COC(C)=O)[C@H](N)C(=O)O)cc1OC(=O)C(C)(C)CC. The van der Waals surface area contributed by atoms with Crippen LogP contribution in [0.5, 0.6) is 11.5 Å². The molecule has 3 N–H and O–H groups in total. The standard InChI is InChI=1S/C26H39NO8/c1-9-25(5,6)23(31)34-18-12-11-17(13-19(18)35-24(32)26(7,8)10-2)20(21(27)22(29)30)15(3)14-33-16(4)28/h11-13,15,20-21H,9-10,14,27H2,1-8H3,(H,29,30)/t15?,20?,21-/m0/s1. The van der Waals surface area contributed by atoms with Crippen LogP contribution in [0, 0.1) is 16.7 Å². The van der Waals surface area contributed by atoms with E-state index in [1.807, 2.05) is 13.8 Å². The highest BCUT2D eigenvalue weighted by Gasteiger charge is 2.35. The molecule has 0 spiro atoms. The number of rotatable bonds is 12. The highest BCUT2D eigenvalue weighted by atomic mass is 16.6. The fourth-order valence-corrected chi connectivity index (χ4v) is 3.06. The first-order valence-corrected chi connectivity index (χ1v) is 11.8. The van der Waals surface area contributed by atoms with E-state index in [4.69, 9.17) is 19.9 Å². The van der Waals surface area contributed by atoms with Gasteiger partial charge in [0, 0.05) is 12.8 Å². The topological polar surface area (TPSA) is 142 Å². The number of carbonyl (C=O) groups is 4. The van der Waals surface area contributed by atoms with Gasteiger partial charge < -0.3 is 25.1 Å². The van der Waals surface area contributed by atoms with Crippen molar-refractivity contribution in [2.75, 3.05) is 6.61 Å². The first-order valence-electron chi connectivity index (χ1n) is 11.8. The Morgan fingerprint density at radius 2 is 1.43 bits per heavy atom. The van der Waals surface area contributed by atoms with Crippen LogP contribution in [0.2, 0.25) is 0 Å². The summed E-state index contributed by atoms with van der Waals surface area (Å²) < 4.78 is 16.3. The van der Waals surface area contributed by atoms with Crippen molar-refractivity contribution in [2.45, 2.75) is 80.2 Å². The Balaban J connectivity index is 3.56. The molecule has 1 aromatic rings. The van der Waals surface area contributed by atoms with Gasteiger partial charge in [-0.05, 0) is 64.2 Å². The smallest absolute Gasteiger partial charge is 0.321 e. The van der Waals surface area contributed by atoms with E-state index in [-0.39, 0.29) is 18.1 Å². The summed E-state index contributed by atoms with van der Waals surface area (Å²) in [5.41, 5.74) is 4.86. The molecule has 0 saturated carbocycles. The lowest BCUT2D eigenvalue weighted by Crippen LogP contribution is -2.40. The number of ether oxygens (including phenoxy) is 3. The number of nitrogens with two attached hydrogens (primary N) is 1. The average Bonchev–Trinajstić information content (AvgIpc) is 2.78. The number of hydrogen-bond donors (Lipinski definition) is 2. The lowest BCUT2D eigenvalue weighted by molar-refractivity contribution is -0.147. The molecule has 9 heteroatoms. The van der Waals surface area contributed by atoms with Crippen molar-refractivity contribution in [3.05, 3.63) is 23.8 Å². The van der Waals surface area contributed by atoms with E-state index in [0.717, 1.165) is 0 Å². The van der Waals surface area contributed by atoms with Crippen molar-refractivity contribution in [3.8, 4) is 11.5 Å². The van der Waals surface area contributed by atoms with Gasteiger partial charge in [-0.3, -0.25) is 19.2 Å². The molecule has 9 nitrogen and oxygen atoms in total. The number of carboxylic acids is 1. The summed E-state index contributed by atoms with van der Waals surface area (Å²) in [5, 5.41) is 9.60. The third-order valence-corrected chi connectivity index (χ3v) is 6.47. The molecule has 0 aliphatic heterocycles. The first-order chi connectivity index (χ1) is 16.1. The normalized spacial score (nSPS) is 14.4. The molecule has 0 heterocycles. The lowest BCUT2D eigenvalue weighted by Gasteiger charge is -2.28. The summed E-state index contributed by atoms with van der Waals surface area (Å²) in [6, 6.07) is 3.16. The maximum Gasteiger partial charge on any atom is 0.321 e. The number of aliphatic carboxylic acids is 1. The summed E-state index contributed by atoms with van der Waals surface area (Å²) in [6.45, 7) is 13.6. The van der Waals surface area contributed by atoms with E-state index >= 15 is 0 Å². The predicted octanol–water partition coefficient (Wildman–Crippen LogP) is 4.06. The molecule has 0 aliphatic carbocycles. The zero-order valence-electron chi connectivity index (χ0n) is 22.0. The maximum atomic E-state index is 12.9. The molecule has 0 radical (unpaired) electrons. The number of benzene rings is 1. The van der Waals surface area contributed by atoms with Crippen LogP contribution in [0.4, 0.5) is 0 Å². The fourth-order valence-electron chi connectivity index (χ4n) is 3.06. The summed E-state index contributed by atoms with van der Waals surface area (Å²) in [5.74, 6) is -4.02. The Morgan fingerprint density at radius 3 is 1.86 bits per heavy atom. The van der Waals surface area contributed by atoms with E-state index in [0.29, 0.717) is 18.4 Å². The minimum Gasteiger partial charge on any atom is -0.480 e. The van der Waals surface area contributed by atoms with Crippen LogP contribution in [0.3, 0.4) is 0 Å². The van der Waals surface area contributed by atoms with Gasteiger partial charge in [-0.1, -0.05) is 26.8 Å². The highest BCUT2D eigenvalue weighted by Crippen LogP contribution is 2.38. The van der Waals surface area contributed by atoms with Gasteiger partial charge in [0.05, 0.1) is 17.4 Å². The van der Waals surface area contributed by atoms with Gasteiger partial charge in [-0.25, -0.2) is 0 Å². The monoisotopic (exact) mass is 493 g/mol. The van der Waals surface area contributed by atoms with Crippen LogP contribution in [0.15, 0.2) is 18.2 Å². The van der Waals surface area contributed by atoms with Crippen LogP contribution >= 0.6 is 0 Å². The van der Waals surface area contributed by atoms with E-state index in [1.165, 1.54) is 19.1 Å². The maximum absolute atomic E-state index is 12.9. The van der Waals surface area contributed by atoms with Crippen LogP contribution in [-0.4, -0.2) is 41.6 Å². The van der Waals surface area contributed by atoms with Crippen molar-refractivity contribution in [1.82, 2.24) is 0 Å². The number of hydrogen-bond acceptors (Lipinski definition) is 8. The highest BCUT2D eigenvalue weighted by molar-refractivity contribution is 5.81. The van der Waals surface area contributed by atoms with Crippen molar-refractivity contribution < 1.29 is 38.5 Å². The Labute approximate surface area is 207 Å². The largest absolute Gasteiger partial charge is 0.480 e. The summed E-state index contributed by atoms with van der Waals surface area (Å²) in [4.78, 5) is 48.6. The van der Waals surface area contributed by atoms with Gasteiger partial charge in [0.1, 0.15) is 6.04 Å². The zero-order chi connectivity index (χ0) is 27.1. The molecular weight excluding hydrogens is 454 g/mol. The summed E-state index contributed by atoms with van der Waals surface area (Å²) >= 11 is 0. The van der Waals surface area contributed by atoms with E-state index < -0.39 is 52.6 Å². The zero-order valence-corrected chi connectivity index (χ0v) is 22.0. The van der Waals surface area contributed by atoms with Gasteiger partial charge in [0.15, 0.2) is 11.5 Å². The van der Waals surface area contributed by atoms with Crippen LogP contribution in [0.1, 0.15) is 79.7 Å². The quantitative estimate of drug-likeness (QED) is 0.325. The molecular formula is C26H39NO8. The van der Waals surface area contributed by atoms with Crippen LogP contribution < -0.4 is 15.2 Å². The van der Waals surface area contributed by atoms with Gasteiger partial charge in [0.25, 0.3) is 0 Å². The second-order valence-corrected chi connectivity index (χ2v) is 10.1.